The number of anilines is 1. The van der Waals surface area contributed by atoms with Gasteiger partial charge in [0.2, 0.25) is 0 Å². The van der Waals surface area contributed by atoms with E-state index in [-0.39, 0.29) is 11.8 Å². The summed E-state index contributed by atoms with van der Waals surface area (Å²) in [6, 6.07) is 1.70. The summed E-state index contributed by atoms with van der Waals surface area (Å²) in [5.74, 6) is 0.858. The molecule has 1 aliphatic rings. The van der Waals surface area contributed by atoms with Crippen molar-refractivity contribution in [3.63, 3.8) is 0 Å². The molecule has 0 fully saturated rings. The van der Waals surface area contributed by atoms with Gasteiger partial charge in [-0.2, -0.15) is 9.61 Å². The quantitative estimate of drug-likeness (QED) is 0.932. The first-order chi connectivity index (χ1) is 9.89. The average molecular weight is 306 g/mol. The highest BCUT2D eigenvalue weighted by atomic mass is 32.2. The molecule has 2 aromatic rings. The molecule has 0 spiro atoms. The van der Waals surface area contributed by atoms with Crippen LogP contribution in [0.4, 0.5) is 5.82 Å². The Morgan fingerprint density at radius 3 is 2.81 bits per heavy atom. The van der Waals surface area contributed by atoms with E-state index in [1.165, 1.54) is 5.41 Å². The molecule has 0 bridgehead atoms. The third-order valence-corrected chi connectivity index (χ3v) is 5.13. The molecular formula is C14H18N4O2S. The Balaban J connectivity index is 2.05. The van der Waals surface area contributed by atoms with Crippen molar-refractivity contribution in [2.24, 2.45) is 0 Å². The van der Waals surface area contributed by atoms with Gasteiger partial charge in [0.1, 0.15) is 5.82 Å². The van der Waals surface area contributed by atoms with Gasteiger partial charge in [-0.1, -0.05) is 6.92 Å². The molecule has 0 amide bonds. The standard InChI is InChI=1S/C14H18N4O2S/c1-4-11-7-13(15-12-5-6-21(19,20)8-12)18-14(16-11)9(2)10(3)17-18/h5-7,12,15H,4,8H2,1-3H3. The zero-order valence-corrected chi connectivity index (χ0v) is 13.1. The minimum absolute atomic E-state index is 0.0809. The number of sulfone groups is 1. The highest BCUT2D eigenvalue weighted by Crippen LogP contribution is 2.21. The van der Waals surface area contributed by atoms with Crippen molar-refractivity contribution in [3.8, 4) is 0 Å². The molecule has 2 aromatic heterocycles. The monoisotopic (exact) mass is 306 g/mol. The molecule has 0 saturated heterocycles. The zero-order valence-electron chi connectivity index (χ0n) is 12.3. The number of nitrogens with zero attached hydrogens (tertiary/aromatic N) is 3. The second-order valence-electron chi connectivity index (χ2n) is 5.34. The number of nitrogens with one attached hydrogen (secondary N) is 1. The Morgan fingerprint density at radius 2 is 2.19 bits per heavy atom. The average Bonchev–Trinajstić information content (AvgIpc) is 2.91. The van der Waals surface area contributed by atoms with Crippen LogP contribution in [-0.2, 0) is 16.3 Å². The Morgan fingerprint density at radius 1 is 1.43 bits per heavy atom. The van der Waals surface area contributed by atoms with Crippen LogP contribution in [-0.4, -0.2) is 34.8 Å². The van der Waals surface area contributed by atoms with Crippen molar-refractivity contribution >= 4 is 21.3 Å². The van der Waals surface area contributed by atoms with E-state index in [1.807, 2.05) is 26.8 Å². The van der Waals surface area contributed by atoms with Gasteiger partial charge in [0, 0.05) is 22.7 Å². The van der Waals surface area contributed by atoms with E-state index >= 15 is 0 Å². The Hall–Kier alpha value is -1.89. The van der Waals surface area contributed by atoms with E-state index in [2.05, 4.69) is 15.4 Å². The van der Waals surface area contributed by atoms with Crippen molar-refractivity contribution < 1.29 is 8.42 Å². The summed E-state index contributed by atoms with van der Waals surface area (Å²) in [5, 5.41) is 9.00. The highest BCUT2D eigenvalue weighted by molar-refractivity contribution is 7.94. The van der Waals surface area contributed by atoms with Crippen molar-refractivity contribution in [1.29, 1.82) is 0 Å². The van der Waals surface area contributed by atoms with E-state index < -0.39 is 9.84 Å². The first-order valence-electron chi connectivity index (χ1n) is 6.93. The number of aryl methyl sites for hydroxylation is 3. The minimum Gasteiger partial charge on any atom is -0.363 e. The third-order valence-electron chi connectivity index (χ3n) is 3.74. The van der Waals surface area contributed by atoms with Crippen LogP contribution in [0.5, 0.6) is 0 Å². The van der Waals surface area contributed by atoms with Crippen LogP contribution >= 0.6 is 0 Å². The van der Waals surface area contributed by atoms with Crippen LogP contribution in [0, 0.1) is 13.8 Å². The highest BCUT2D eigenvalue weighted by Gasteiger charge is 2.23. The summed E-state index contributed by atoms with van der Waals surface area (Å²) in [4.78, 5) is 4.60. The number of rotatable bonds is 3. The van der Waals surface area contributed by atoms with Gasteiger partial charge in [-0.3, -0.25) is 0 Å². The molecular weight excluding hydrogens is 288 g/mol. The van der Waals surface area contributed by atoms with Gasteiger partial charge in [0.05, 0.1) is 17.5 Å². The third kappa shape index (κ3) is 2.53. The van der Waals surface area contributed by atoms with E-state index in [9.17, 15) is 8.42 Å². The van der Waals surface area contributed by atoms with Gasteiger partial charge in [-0.15, -0.1) is 0 Å². The molecule has 1 atom stereocenters. The van der Waals surface area contributed by atoms with Gasteiger partial charge >= 0.3 is 0 Å². The molecule has 112 valence electrons. The van der Waals surface area contributed by atoms with Crippen LogP contribution in [0.1, 0.15) is 23.9 Å². The Bertz CT molecular complexity index is 836. The molecule has 0 saturated carbocycles. The SMILES string of the molecule is CCc1cc(NC2C=CS(=O)(=O)C2)n2nc(C)c(C)c2n1. The maximum Gasteiger partial charge on any atom is 0.173 e. The van der Waals surface area contributed by atoms with Crippen LogP contribution in [0.15, 0.2) is 17.6 Å². The fourth-order valence-corrected chi connectivity index (χ4v) is 3.65. The van der Waals surface area contributed by atoms with Gasteiger partial charge in [0.25, 0.3) is 0 Å². The molecule has 0 aromatic carbocycles. The summed E-state index contributed by atoms with van der Waals surface area (Å²) in [5.41, 5.74) is 3.74. The lowest BCUT2D eigenvalue weighted by Gasteiger charge is -2.14. The maximum atomic E-state index is 11.5. The first-order valence-corrected chi connectivity index (χ1v) is 8.64. The smallest absolute Gasteiger partial charge is 0.173 e. The largest absolute Gasteiger partial charge is 0.363 e. The van der Waals surface area contributed by atoms with Crippen LogP contribution < -0.4 is 5.32 Å². The summed E-state index contributed by atoms with van der Waals surface area (Å²) < 4.78 is 24.8. The van der Waals surface area contributed by atoms with Gasteiger partial charge in [-0.25, -0.2) is 13.4 Å². The molecule has 21 heavy (non-hydrogen) atoms. The van der Waals surface area contributed by atoms with Crippen LogP contribution in [0.25, 0.3) is 5.65 Å². The molecule has 0 aliphatic carbocycles. The molecule has 0 radical (unpaired) electrons. The zero-order chi connectivity index (χ0) is 15.2. The van der Waals surface area contributed by atoms with Gasteiger partial charge in [0.15, 0.2) is 15.5 Å². The number of hydrogen-bond donors (Lipinski definition) is 1. The molecule has 7 heteroatoms. The predicted molar refractivity (Wildman–Crippen MR) is 82.2 cm³/mol. The fourth-order valence-electron chi connectivity index (χ4n) is 2.42. The molecule has 3 rings (SSSR count). The van der Waals surface area contributed by atoms with E-state index in [4.69, 9.17) is 0 Å². The summed E-state index contributed by atoms with van der Waals surface area (Å²) >= 11 is 0. The predicted octanol–water partition coefficient (Wildman–Crippen LogP) is 1.63. The summed E-state index contributed by atoms with van der Waals surface area (Å²) in [7, 11) is -3.08. The minimum atomic E-state index is -3.08. The Kier molecular flexibility index (Phi) is 3.24. The summed E-state index contributed by atoms with van der Waals surface area (Å²) in [6.45, 7) is 5.98. The fraction of sp³-hybridized carbons (Fsp3) is 0.429. The Labute approximate surface area is 123 Å². The van der Waals surface area contributed by atoms with Gasteiger partial charge < -0.3 is 5.32 Å². The van der Waals surface area contributed by atoms with E-state index in [0.717, 1.165) is 34.8 Å². The molecule has 6 nitrogen and oxygen atoms in total. The molecule has 3 heterocycles. The lowest BCUT2D eigenvalue weighted by Crippen LogP contribution is -2.23. The van der Waals surface area contributed by atoms with Crippen molar-refractivity contribution in [1.82, 2.24) is 14.6 Å². The van der Waals surface area contributed by atoms with Crippen molar-refractivity contribution in [2.75, 3.05) is 11.1 Å². The number of hydrogen-bond acceptors (Lipinski definition) is 5. The first kappa shape index (κ1) is 14.1. The lowest BCUT2D eigenvalue weighted by atomic mass is 10.2. The molecule has 1 unspecified atom stereocenters. The second kappa shape index (κ2) is 4.84. The number of fused-ring (bicyclic) bond motifs is 1. The van der Waals surface area contributed by atoms with Crippen molar-refractivity contribution in [3.05, 3.63) is 34.5 Å². The van der Waals surface area contributed by atoms with Gasteiger partial charge in [-0.05, 0) is 26.3 Å². The summed E-state index contributed by atoms with van der Waals surface area (Å²) in [6.07, 6.45) is 2.49. The van der Waals surface area contributed by atoms with Crippen LogP contribution in [0.2, 0.25) is 0 Å². The van der Waals surface area contributed by atoms with Crippen LogP contribution in [0.3, 0.4) is 0 Å². The molecule has 1 N–H and O–H groups in total. The molecule has 1 aliphatic heterocycles. The van der Waals surface area contributed by atoms with Crippen molar-refractivity contribution in [2.45, 2.75) is 33.2 Å². The van der Waals surface area contributed by atoms with E-state index in [0.29, 0.717) is 0 Å². The topological polar surface area (TPSA) is 76.4 Å². The normalized spacial score (nSPS) is 20.2. The number of aromatic nitrogens is 3. The second-order valence-corrected chi connectivity index (χ2v) is 7.27. The van der Waals surface area contributed by atoms with E-state index in [1.54, 1.807) is 10.6 Å². The lowest BCUT2D eigenvalue weighted by molar-refractivity contribution is 0.605. The maximum absolute atomic E-state index is 11.5.